The van der Waals surface area contributed by atoms with Crippen molar-refractivity contribution in [2.24, 2.45) is 5.92 Å². The van der Waals surface area contributed by atoms with Crippen LogP contribution < -0.4 is 4.90 Å². The largest absolute Gasteiger partial charge is 0.465 e. The molecular weight excluding hydrogens is 260 g/mol. The fourth-order valence-electron chi connectivity index (χ4n) is 1.22. The summed E-state index contributed by atoms with van der Waals surface area (Å²) >= 11 is 7.16. The van der Waals surface area contributed by atoms with E-state index in [4.69, 9.17) is 11.6 Å². The zero-order valence-electron chi connectivity index (χ0n) is 10.5. The Bertz CT molecular complexity index is 393. The molecule has 1 aromatic heterocycles. The molecule has 96 valence electrons. The van der Waals surface area contributed by atoms with Crippen LogP contribution in [0, 0.1) is 5.92 Å². The number of hydrogen-bond donors (Lipinski definition) is 0. The smallest absolute Gasteiger partial charge is 0.351 e. The van der Waals surface area contributed by atoms with E-state index in [9.17, 15) is 4.79 Å². The molecule has 0 fully saturated rings. The molecule has 0 aliphatic rings. The predicted octanol–water partition coefficient (Wildman–Crippen LogP) is 3.07. The van der Waals surface area contributed by atoms with Crippen LogP contribution in [0.4, 0.5) is 5.13 Å². The molecule has 0 atom stereocenters. The van der Waals surface area contributed by atoms with E-state index in [1.54, 1.807) is 0 Å². The maximum Gasteiger partial charge on any atom is 0.351 e. The van der Waals surface area contributed by atoms with Crippen LogP contribution in [0.2, 0.25) is 5.15 Å². The normalized spacial score (nSPS) is 10.7. The van der Waals surface area contributed by atoms with Gasteiger partial charge >= 0.3 is 5.97 Å². The lowest BCUT2D eigenvalue weighted by atomic mass is 10.1. The first-order valence-corrected chi connectivity index (χ1v) is 6.61. The van der Waals surface area contributed by atoms with Crippen LogP contribution in [-0.4, -0.2) is 31.7 Å². The summed E-state index contributed by atoms with van der Waals surface area (Å²) in [5, 5.41) is 0.962. The van der Waals surface area contributed by atoms with Crippen molar-refractivity contribution in [3.8, 4) is 0 Å². The summed E-state index contributed by atoms with van der Waals surface area (Å²) in [7, 11) is 3.28. The third kappa shape index (κ3) is 3.85. The number of ether oxygens (including phenoxy) is 1. The molecule has 6 heteroatoms. The van der Waals surface area contributed by atoms with Gasteiger partial charge in [0.25, 0.3) is 0 Å². The number of thiazole rings is 1. The number of rotatable bonds is 5. The van der Waals surface area contributed by atoms with Gasteiger partial charge < -0.3 is 9.64 Å². The molecule has 0 aromatic carbocycles. The Labute approximate surface area is 111 Å². The molecule has 0 unspecified atom stereocenters. The number of esters is 1. The zero-order valence-corrected chi connectivity index (χ0v) is 12.1. The number of anilines is 1. The third-order valence-electron chi connectivity index (χ3n) is 2.31. The lowest BCUT2D eigenvalue weighted by molar-refractivity contribution is 0.0606. The molecule has 4 nitrogen and oxygen atoms in total. The molecule has 0 spiro atoms. The second-order valence-electron chi connectivity index (χ2n) is 4.21. The van der Waals surface area contributed by atoms with Crippen molar-refractivity contribution in [3.05, 3.63) is 10.0 Å². The molecule has 0 bridgehead atoms. The van der Waals surface area contributed by atoms with Crippen molar-refractivity contribution in [1.29, 1.82) is 0 Å². The SMILES string of the molecule is COC(=O)c1sc(N(C)CCC(C)C)nc1Cl. The Balaban J connectivity index is 2.75. The summed E-state index contributed by atoms with van der Waals surface area (Å²) in [5.41, 5.74) is 0. The van der Waals surface area contributed by atoms with Gasteiger partial charge in [-0.15, -0.1) is 0 Å². The maximum absolute atomic E-state index is 11.4. The zero-order chi connectivity index (χ0) is 13.0. The summed E-state index contributed by atoms with van der Waals surface area (Å²) in [6, 6.07) is 0. The molecule has 0 saturated carbocycles. The van der Waals surface area contributed by atoms with Crippen molar-refractivity contribution in [1.82, 2.24) is 4.98 Å². The second-order valence-corrected chi connectivity index (χ2v) is 5.55. The first kappa shape index (κ1) is 14.3. The summed E-state index contributed by atoms with van der Waals surface area (Å²) in [6.07, 6.45) is 1.07. The van der Waals surface area contributed by atoms with Gasteiger partial charge in [-0.2, -0.15) is 0 Å². The lowest BCUT2D eigenvalue weighted by Crippen LogP contribution is -2.19. The molecule has 0 aliphatic carbocycles. The quantitative estimate of drug-likeness (QED) is 0.775. The third-order valence-corrected chi connectivity index (χ3v) is 3.85. The van der Waals surface area contributed by atoms with Crippen LogP contribution in [0.3, 0.4) is 0 Å². The molecule has 0 amide bonds. The Morgan fingerprint density at radius 3 is 2.76 bits per heavy atom. The molecule has 1 rings (SSSR count). The van der Waals surface area contributed by atoms with Gasteiger partial charge in [0.1, 0.15) is 0 Å². The Morgan fingerprint density at radius 2 is 2.24 bits per heavy atom. The van der Waals surface area contributed by atoms with Crippen molar-refractivity contribution in [2.45, 2.75) is 20.3 Å². The van der Waals surface area contributed by atoms with Gasteiger partial charge in [0.05, 0.1) is 7.11 Å². The molecule has 1 heterocycles. The van der Waals surface area contributed by atoms with Gasteiger partial charge in [0, 0.05) is 13.6 Å². The highest BCUT2D eigenvalue weighted by molar-refractivity contribution is 7.18. The van der Waals surface area contributed by atoms with Gasteiger partial charge in [-0.05, 0) is 12.3 Å². The first-order chi connectivity index (χ1) is 7.95. The fourth-order valence-corrected chi connectivity index (χ4v) is 2.41. The maximum atomic E-state index is 11.4. The van der Waals surface area contributed by atoms with E-state index in [0.717, 1.165) is 18.1 Å². The van der Waals surface area contributed by atoms with Crippen LogP contribution >= 0.6 is 22.9 Å². The van der Waals surface area contributed by atoms with E-state index < -0.39 is 5.97 Å². The number of methoxy groups -OCH3 is 1. The van der Waals surface area contributed by atoms with Crippen LogP contribution in [0.5, 0.6) is 0 Å². The summed E-state index contributed by atoms with van der Waals surface area (Å²) in [4.78, 5) is 17.9. The highest BCUT2D eigenvalue weighted by Crippen LogP contribution is 2.29. The minimum absolute atomic E-state index is 0.216. The molecule has 0 N–H and O–H groups in total. The van der Waals surface area contributed by atoms with E-state index in [-0.39, 0.29) is 5.15 Å². The molecule has 0 saturated heterocycles. The number of carbonyl (C=O) groups is 1. The highest BCUT2D eigenvalue weighted by Gasteiger charge is 2.19. The fraction of sp³-hybridized carbons (Fsp3) is 0.636. The van der Waals surface area contributed by atoms with Crippen LogP contribution in [0.25, 0.3) is 0 Å². The number of carbonyl (C=O) groups excluding carboxylic acids is 1. The van der Waals surface area contributed by atoms with E-state index in [2.05, 4.69) is 23.6 Å². The molecule has 1 aromatic rings. The molecule has 17 heavy (non-hydrogen) atoms. The molecule has 0 radical (unpaired) electrons. The average Bonchev–Trinajstić information content (AvgIpc) is 2.67. The Morgan fingerprint density at radius 1 is 1.59 bits per heavy atom. The summed E-state index contributed by atoms with van der Waals surface area (Å²) in [5.74, 6) is 0.198. The predicted molar refractivity (Wildman–Crippen MR) is 71.2 cm³/mol. The summed E-state index contributed by atoms with van der Waals surface area (Å²) < 4.78 is 4.64. The Kier molecular flexibility index (Phi) is 5.21. The lowest BCUT2D eigenvalue weighted by Gasteiger charge is -2.16. The van der Waals surface area contributed by atoms with Gasteiger partial charge in [0.2, 0.25) is 0 Å². The van der Waals surface area contributed by atoms with Gasteiger partial charge in [0.15, 0.2) is 15.2 Å². The Hall–Kier alpha value is -0.810. The summed E-state index contributed by atoms with van der Waals surface area (Å²) in [6.45, 7) is 5.23. The monoisotopic (exact) mass is 276 g/mol. The minimum Gasteiger partial charge on any atom is -0.465 e. The number of aromatic nitrogens is 1. The van der Waals surface area contributed by atoms with Crippen molar-refractivity contribution >= 4 is 34.0 Å². The number of hydrogen-bond acceptors (Lipinski definition) is 5. The van der Waals surface area contributed by atoms with Gasteiger partial charge in [-0.25, -0.2) is 9.78 Å². The standard InChI is InChI=1S/C11H17ClN2O2S/c1-7(2)5-6-14(3)11-13-9(12)8(17-11)10(15)16-4/h7H,5-6H2,1-4H3. The van der Waals surface area contributed by atoms with Crippen molar-refractivity contribution in [3.63, 3.8) is 0 Å². The molecular formula is C11H17ClN2O2S. The highest BCUT2D eigenvalue weighted by atomic mass is 35.5. The van der Waals surface area contributed by atoms with E-state index in [1.807, 2.05) is 11.9 Å². The molecule has 0 aliphatic heterocycles. The average molecular weight is 277 g/mol. The van der Waals surface area contributed by atoms with E-state index >= 15 is 0 Å². The van der Waals surface area contributed by atoms with Crippen LogP contribution in [0.1, 0.15) is 29.9 Å². The number of halogens is 1. The van der Waals surface area contributed by atoms with E-state index in [1.165, 1.54) is 18.4 Å². The van der Waals surface area contributed by atoms with Crippen LogP contribution in [-0.2, 0) is 4.74 Å². The minimum atomic E-state index is -0.434. The topological polar surface area (TPSA) is 42.4 Å². The second kappa shape index (κ2) is 6.21. The van der Waals surface area contributed by atoms with Crippen molar-refractivity contribution < 1.29 is 9.53 Å². The van der Waals surface area contributed by atoms with Crippen molar-refractivity contribution in [2.75, 3.05) is 25.6 Å². The van der Waals surface area contributed by atoms with Crippen LogP contribution in [0.15, 0.2) is 0 Å². The van der Waals surface area contributed by atoms with Gasteiger partial charge in [-0.1, -0.05) is 36.8 Å². The van der Waals surface area contributed by atoms with Gasteiger partial charge in [-0.3, -0.25) is 0 Å². The van der Waals surface area contributed by atoms with E-state index in [0.29, 0.717) is 10.8 Å². The first-order valence-electron chi connectivity index (χ1n) is 5.41. The number of nitrogens with zero attached hydrogens (tertiary/aromatic N) is 2.